The highest BCUT2D eigenvalue weighted by atomic mass is 32.2. The summed E-state index contributed by atoms with van der Waals surface area (Å²) in [4.78, 5) is 36.2. The molecule has 2 aromatic rings. The maximum absolute atomic E-state index is 12.5. The summed E-state index contributed by atoms with van der Waals surface area (Å²) < 4.78 is 30.4. The van der Waals surface area contributed by atoms with Crippen LogP contribution in [0.4, 0.5) is 11.5 Å². The van der Waals surface area contributed by atoms with E-state index in [1.54, 1.807) is 0 Å². The van der Waals surface area contributed by atoms with Gasteiger partial charge in [-0.2, -0.15) is 0 Å². The first-order chi connectivity index (χ1) is 12.6. The predicted octanol–water partition coefficient (Wildman–Crippen LogP) is 0.794. The Morgan fingerprint density at radius 2 is 1.93 bits per heavy atom. The molecular weight excluding hydrogens is 380 g/mol. The van der Waals surface area contributed by atoms with E-state index in [1.807, 2.05) is 0 Å². The molecule has 0 bridgehead atoms. The SMILES string of the molecule is COc1cc(S(=O)(=O)N(C)C)ccc1C(=O)Nc1[nH]c(=O)ccc1[N+](=O)[O-]. The maximum atomic E-state index is 12.5. The number of ether oxygens (including phenoxy) is 1. The smallest absolute Gasteiger partial charge is 0.310 e. The van der Waals surface area contributed by atoms with Gasteiger partial charge in [-0.3, -0.25) is 19.7 Å². The number of aromatic amines is 1. The van der Waals surface area contributed by atoms with Gasteiger partial charge in [-0.25, -0.2) is 12.7 Å². The molecule has 0 radical (unpaired) electrons. The van der Waals surface area contributed by atoms with Crippen LogP contribution in [0.3, 0.4) is 0 Å². The summed E-state index contributed by atoms with van der Waals surface area (Å²) in [5, 5.41) is 13.3. The Bertz CT molecular complexity index is 1060. The van der Waals surface area contributed by atoms with E-state index in [4.69, 9.17) is 4.74 Å². The minimum atomic E-state index is -3.75. The molecule has 0 spiro atoms. The molecule has 0 saturated carbocycles. The molecule has 2 N–H and O–H groups in total. The molecule has 12 heteroatoms. The number of H-pyrrole nitrogens is 1. The van der Waals surface area contributed by atoms with Crippen molar-refractivity contribution in [2.75, 3.05) is 26.5 Å². The lowest BCUT2D eigenvalue weighted by Crippen LogP contribution is -2.23. The topological polar surface area (TPSA) is 152 Å². The molecule has 0 atom stereocenters. The normalized spacial score (nSPS) is 11.3. The van der Waals surface area contributed by atoms with Gasteiger partial charge in [-0.15, -0.1) is 0 Å². The number of rotatable bonds is 6. The van der Waals surface area contributed by atoms with Crippen LogP contribution in [0.1, 0.15) is 10.4 Å². The molecular formula is C15H16N4O7S. The van der Waals surface area contributed by atoms with Crippen LogP contribution in [0, 0.1) is 10.1 Å². The van der Waals surface area contributed by atoms with Crippen LogP contribution in [0.2, 0.25) is 0 Å². The summed E-state index contributed by atoms with van der Waals surface area (Å²) in [6.45, 7) is 0. The summed E-state index contributed by atoms with van der Waals surface area (Å²) in [7, 11) is 0.200. The van der Waals surface area contributed by atoms with Crippen molar-refractivity contribution in [2.45, 2.75) is 4.90 Å². The molecule has 0 aliphatic carbocycles. The molecule has 1 aromatic carbocycles. The number of methoxy groups -OCH3 is 1. The highest BCUT2D eigenvalue weighted by molar-refractivity contribution is 7.89. The fourth-order valence-corrected chi connectivity index (χ4v) is 3.04. The number of sulfonamides is 1. The number of pyridine rings is 1. The van der Waals surface area contributed by atoms with Gasteiger partial charge in [0.15, 0.2) is 5.82 Å². The minimum Gasteiger partial charge on any atom is -0.496 e. The van der Waals surface area contributed by atoms with Gasteiger partial charge in [-0.1, -0.05) is 0 Å². The molecule has 27 heavy (non-hydrogen) atoms. The number of carbonyl (C=O) groups is 1. The fraction of sp³-hybridized carbons (Fsp3) is 0.200. The van der Waals surface area contributed by atoms with E-state index >= 15 is 0 Å². The van der Waals surface area contributed by atoms with Crippen molar-refractivity contribution in [3.8, 4) is 5.75 Å². The van der Waals surface area contributed by atoms with Gasteiger partial charge in [0.2, 0.25) is 15.6 Å². The van der Waals surface area contributed by atoms with Crippen LogP contribution in [0.15, 0.2) is 40.0 Å². The molecule has 0 aliphatic heterocycles. The number of nitrogens with one attached hydrogen (secondary N) is 2. The van der Waals surface area contributed by atoms with Crippen molar-refractivity contribution >= 4 is 27.4 Å². The largest absolute Gasteiger partial charge is 0.496 e. The number of hydrogen-bond donors (Lipinski definition) is 2. The molecule has 11 nitrogen and oxygen atoms in total. The maximum Gasteiger partial charge on any atom is 0.310 e. The first kappa shape index (κ1) is 20.1. The summed E-state index contributed by atoms with van der Waals surface area (Å²) in [5.74, 6) is -1.29. The van der Waals surface area contributed by atoms with Gasteiger partial charge in [0.25, 0.3) is 5.91 Å². The Hall–Kier alpha value is -3.25. The monoisotopic (exact) mass is 396 g/mol. The number of benzene rings is 1. The lowest BCUT2D eigenvalue weighted by molar-refractivity contribution is -0.384. The summed E-state index contributed by atoms with van der Waals surface area (Å²) in [6.07, 6.45) is 0. The summed E-state index contributed by atoms with van der Waals surface area (Å²) in [5.41, 5.74) is -1.22. The number of anilines is 1. The third kappa shape index (κ3) is 4.12. The number of nitrogens with zero attached hydrogens (tertiary/aromatic N) is 2. The second-order valence-corrected chi connectivity index (χ2v) is 7.60. The quantitative estimate of drug-likeness (QED) is 0.541. The van der Waals surface area contributed by atoms with Crippen LogP contribution in [-0.4, -0.2) is 49.7 Å². The first-order valence-corrected chi connectivity index (χ1v) is 8.81. The van der Waals surface area contributed by atoms with Crippen LogP contribution < -0.4 is 15.6 Å². The Kier molecular flexibility index (Phi) is 5.61. The minimum absolute atomic E-state index is 0.0589. The zero-order valence-corrected chi connectivity index (χ0v) is 15.4. The van der Waals surface area contributed by atoms with Gasteiger partial charge < -0.3 is 15.0 Å². The number of aromatic nitrogens is 1. The van der Waals surface area contributed by atoms with Crippen molar-refractivity contribution in [1.29, 1.82) is 0 Å². The molecule has 1 amide bonds. The van der Waals surface area contributed by atoms with Crippen molar-refractivity contribution < 1.29 is 22.9 Å². The predicted molar refractivity (Wildman–Crippen MR) is 95.5 cm³/mol. The zero-order valence-electron chi connectivity index (χ0n) is 14.5. The van der Waals surface area contributed by atoms with Gasteiger partial charge in [-0.05, 0) is 12.1 Å². The number of carbonyl (C=O) groups excluding carboxylic acids is 1. The van der Waals surface area contributed by atoms with Gasteiger partial charge in [0, 0.05) is 32.3 Å². The average molecular weight is 396 g/mol. The molecule has 0 saturated heterocycles. The van der Waals surface area contributed by atoms with E-state index in [9.17, 15) is 28.1 Å². The van der Waals surface area contributed by atoms with Crippen molar-refractivity contribution in [1.82, 2.24) is 9.29 Å². The highest BCUT2D eigenvalue weighted by Gasteiger charge is 2.23. The van der Waals surface area contributed by atoms with E-state index in [0.717, 1.165) is 22.5 Å². The lowest BCUT2D eigenvalue weighted by atomic mass is 10.2. The van der Waals surface area contributed by atoms with E-state index in [0.29, 0.717) is 0 Å². The van der Waals surface area contributed by atoms with Crippen molar-refractivity contribution in [3.05, 3.63) is 56.4 Å². The highest BCUT2D eigenvalue weighted by Crippen LogP contribution is 2.26. The van der Waals surface area contributed by atoms with Crippen LogP contribution in [0.25, 0.3) is 0 Å². The van der Waals surface area contributed by atoms with Crippen LogP contribution in [0.5, 0.6) is 5.75 Å². The Morgan fingerprint density at radius 3 is 2.48 bits per heavy atom. The fourth-order valence-electron chi connectivity index (χ4n) is 2.13. The van der Waals surface area contributed by atoms with Gasteiger partial charge in [0.05, 0.1) is 22.5 Å². The van der Waals surface area contributed by atoms with E-state index in [1.165, 1.54) is 33.3 Å². The van der Waals surface area contributed by atoms with Gasteiger partial charge >= 0.3 is 5.69 Å². The van der Waals surface area contributed by atoms with Crippen LogP contribution >= 0.6 is 0 Å². The Labute approximate surface area is 153 Å². The Morgan fingerprint density at radius 1 is 1.26 bits per heavy atom. The van der Waals surface area contributed by atoms with Crippen LogP contribution in [-0.2, 0) is 10.0 Å². The summed E-state index contributed by atoms with van der Waals surface area (Å²) in [6, 6.07) is 5.48. The molecule has 2 rings (SSSR count). The second-order valence-electron chi connectivity index (χ2n) is 5.44. The van der Waals surface area contributed by atoms with E-state index in [-0.39, 0.29) is 16.2 Å². The third-order valence-corrected chi connectivity index (χ3v) is 5.34. The Balaban J connectivity index is 2.45. The molecule has 0 unspecified atom stereocenters. The van der Waals surface area contributed by atoms with E-state index in [2.05, 4.69) is 10.3 Å². The zero-order chi connectivity index (χ0) is 20.4. The molecule has 0 aliphatic rings. The number of hydrogen-bond acceptors (Lipinski definition) is 7. The standard InChI is InChI=1S/C15H16N4O7S/c1-18(2)27(24,25)9-4-5-10(12(8-9)26-3)15(21)17-14-11(19(22)23)6-7-13(20)16-14/h4-8H,1-3H3,(H2,16,17,20,21). The molecule has 0 fully saturated rings. The average Bonchev–Trinajstić information content (AvgIpc) is 2.60. The number of nitro groups is 1. The van der Waals surface area contributed by atoms with E-state index < -0.39 is 37.9 Å². The summed E-state index contributed by atoms with van der Waals surface area (Å²) >= 11 is 0. The molecule has 1 aromatic heterocycles. The number of amides is 1. The van der Waals surface area contributed by atoms with Crippen molar-refractivity contribution in [3.63, 3.8) is 0 Å². The van der Waals surface area contributed by atoms with Gasteiger partial charge in [0.1, 0.15) is 5.75 Å². The first-order valence-electron chi connectivity index (χ1n) is 7.37. The van der Waals surface area contributed by atoms with Crippen molar-refractivity contribution in [2.24, 2.45) is 0 Å². The third-order valence-electron chi connectivity index (χ3n) is 3.53. The molecule has 144 valence electrons. The lowest BCUT2D eigenvalue weighted by Gasteiger charge is -2.14. The molecule has 1 heterocycles. The second kappa shape index (κ2) is 7.55.